The van der Waals surface area contributed by atoms with Gasteiger partial charge in [-0.25, -0.2) is 9.13 Å². The zero-order valence-electron chi connectivity index (χ0n) is 62.7. The van der Waals surface area contributed by atoms with E-state index in [0.29, 0.717) is 25.7 Å². The Morgan fingerprint density at radius 1 is 0.281 bits per heavy atom. The molecule has 19 heteroatoms. The fraction of sp³-hybridized carbons (Fsp3) is 0.948. The number of unbranched alkanes of at least 4 members (excludes halogenated alkanes) is 46. The lowest BCUT2D eigenvalue weighted by Crippen LogP contribution is -2.30. The van der Waals surface area contributed by atoms with Crippen LogP contribution in [0.15, 0.2) is 0 Å². The van der Waals surface area contributed by atoms with Gasteiger partial charge in [0.25, 0.3) is 0 Å². The number of ether oxygens (including phenoxy) is 4. The van der Waals surface area contributed by atoms with Gasteiger partial charge in [-0.15, -0.1) is 0 Å². The fourth-order valence-corrected chi connectivity index (χ4v) is 13.4. The number of carbonyl (C=O) groups excluding carboxylic acids is 4. The third kappa shape index (κ3) is 70.5. The summed E-state index contributed by atoms with van der Waals surface area (Å²) in [7, 11) is -9.91. The number of rotatable bonds is 76. The predicted molar refractivity (Wildman–Crippen MR) is 391 cm³/mol. The molecule has 0 saturated carbocycles. The number of carbonyl (C=O) groups is 4. The summed E-state index contributed by atoms with van der Waals surface area (Å²) in [6.07, 6.45) is 57.0. The van der Waals surface area contributed by atoms with Crippen molar-refractivity contribution in [3.05, 3.63) is 0 Å². The van der Waals surface area contributed by atoms with Crippen LogP contribution in [0.5, 0.6) is 0 Å². The minimum atomic E-state index is -4.96. The van der Waals surface area contributed by atoms with Crippen LogP contribution in [0.4, 0.5) is 0 Å². The Bertz CT molecular complexity index is 1860. The Labute approximate surface area is 588 Å². The zero-order valence-corrected chi connectivity index (χ0v) is 64.5. The minimum absolute atomic E-state index is 0.107. The first kappa shape index (κ1) is 94.1. The quantitative estimate of drug-likeness (QED) is 0.0222. The van der Waals surface area contributed by atoms with Crippen LogP contribution in [0.1, 0.15) is 401 Å². The maximum Gasteiger partial charge on any atom is 0.472 e. The normalized spacial score (nSPS) is 14.0. The average Bonchev–Trinajstić information content (AvgIpc) is 1.79. The molecule has 5 atom stereocenters. The van der Waals surface area contributed by atoms with Crippen LogP contribution in [0, 0.1) is 11.8 Å². The molecule has 0 saturated heterocycles. The highest BCUT2D eigenvalue weighted by Gasteiger charge is 2.30. The van der Waals surface area contributed by atoms with Crippen LogP contribution in [0.2, 0.25) is 0 Å². The summed E-state index contributed by atoms with van der Waals surface area (Å²) in [4.78, 5) is 72.7. The van der Waals surface area contributed by atoms with Gasteiger partial charge in [0.1, 0.15) is 19.3 Å². The lowest BCUT2D eigenvalue weighted by Gasteiger charge is -2.21. The van der Waals surface area contributed by atoms with Gasteiger partial charge in [-0.05, 0) is 37.5 Å². The molecule has 0 aliphatic rings. The molecule has 17 nitrogen and oxygen atoms in total. The molecule has 0 fully saturated rings. The van der Waals surface area contributed by atoms with E-state index in [2.05, 4.69) is 41.5 Å². The summed E-state index contributed by atoms with van der Waals surface area (Å²) in [5.74, 6) is -0.538. The largest absolute Gasteiger partial charge is 0.472 e. The number of phosphoric acid groups is 2. The number of hydrogen-bond acceptors (Lipinski definition) is 15. The highest BCUT2D eigenvalue weighted by Crippen LogP contribution is 2.45. The summed E-state index contributed by atoms with van der Waals surface area (Å²) < 4.78 is 68.5. The Kier molecular flexibility index (Phi) is 67.4. The number of hydrogen-bond donors (Lipinski definition) is 3. The van der Waals surface area contributed by atoms with Crippen LogP contribution in [-0.4, -0.2) is 96.7 Å². The van der Waals surface area contributed by atoms with E-state index in [1.165, 1.54) is 205 Å². The van der Waals surface area contributed by atoms with Gasteiger partial charge < -0.3 is 33.8 Å². The number of aliphatic hydroxyl groups is 1. The molecule has 96 heavy (non-hydrogen) atoms. The van der Waals surface area contributed by atoms with Crippen LogP contribution in [0.25, 0.3) is 0 Å². The Morgan fingerprint density at radius 3 is 0.708 bits per heavy atom. The third-order valence-corrected chi connectivity index (χ3v) is 19.9. The topological polar surface area (TPSA) is 237 Å². The van der Waals surface area contributed by atoms with Crippen LogP contribution < -0.4 is 0 Å². The molecule has 0 aromatic carbocycles. The molecule has 0 aromatic heterocycles. The first-order valence-electron chi connectivity index (χ1n) is 40.0. The van der Waals surface area contributed by atoms with Crippen molar-refractivity contribution in [2.45, 2.75) is 419 Å². The van der Waals surface area contributed by atoms with Gasteiger partial charge in [-0.3, -0.25) is 37.3 Å². The molecule has 2 unspecified atom stereocenters. The Morgan fingerprint density at radius 2 is 0.479 bits per heavy atom. The van der Waals surface area contributed by atoms with Gasteiger partial charge in [-0.1, -0.05) is 350 Å². The van der Waals surface area contributed by atoms with Crippen molar-refractivity contribution >= 4 is 39.5 Å². The minimum Gasteiger partial charge on any atom is -0.462 e. The van der Waals surface area contributed by atoms with E-state index in [-0.39, 0.29) is 25.7 Å². The summed E-state index contributed by atoms with van der Waals surface area (Å²) >= 11 is 0. The molecule has 0 bridgehead atoms. The van der Waals surface area contributed by atoms with E-state index in [1.54, 1.807) is 0 Å². The fourth-order valence-electron chi connectivity index (χ4n) is 11.8. The van der Waals surface area contributed by atoms with Crippen molar-refractivity contribution < 1.29 is 80.2 Å². The second kappa shape index (κ2) is 68.8. The van der Waals surface area contributed by atoms with Crippen molar-refractivity contribution in [3.63, 3.8) is 0 Å². The van der Waals surface area contributed by atoms with E-state index in [9.17, 15) is 43.2 Å². The van der Waals surface area contributed by atoms with E-state index >= 15 is 0 Å². The summed E-state index contributed by atoms with van der Waals surface area (Å²) in [5, 5.41) is 10.6. The molecule has 570 valence electrons. The molecule has 3 N–H and O–H groups in total. The van der Waals surface area contributed by atoms with E-state index in [0.717, 1.165) is 115 Å². The van der Waals surface area contributed by atoms with Gasteiger partial charge in [-0.2, -0.15) is 0 Å². The molecule has 0 aliphatic heterocycles. The highest BCUT2D eigenvalue weighted by atomic mass is 31.2. The van der Waals surface area contributed by atoms with E-state index in [1.807, 2.05) is 0 Å². The summed E-state index contributed by atoms with van der Waals surface area (Å²) in [6, 6.07) is 0. The zero-order chi connectivity index (χ0) is 70.7. The Balaban J connectivity index is 5.19. The standard InChI is InChI=1S/C77H150O17P2/c1-7-9-11-13-15-16-17-18-19-22-25-31-36-42-48-54-60-75(80)88-66-73(94-77(82)61-55-49-43-37-32-26-23-20-21-24-29-34-40-45-51-57-69(3)4)68-92-96(85,86)90-64-71(78)63-89-95(83,84)91-67-72(65-87-74(79)59-53-47-39-14-12-10-8-2)93-76(81)62-56-50-44-38-33-28-27-30-35-41-46-52-58-70(5)6/h69-73,78H,7-68H2,1-6H3,(H,83,84)(H,85,86)/t71-,72+,73+/m0/s1. The van der Waals surface area contributed by atoms with Crippen LogP contribution >= 0.6 is 15.6 Å². The number of esters is 4. The van der Waals surface area contributed by atoms with Crippen molar-refractivity contribution in [3.8, 4) is 0 Å². The van der Waals surface area contributed by atoms with Gasteiger partial charge in [0, 0.05) is 25.7 Å². The molecule has 0 heterocycles. The molecule has 0 aromatic rings. The first-order chi connectivity index (χ1) is 46.4. The third-order valence-electron chi connectivity index (χ3n) is 18.0. The van der Waals surface area contributed by atoms with E-state index in [4.69, 9.17) is 37.0 Å². The predicted octanol–water partition coefficient (Wildman–Crippen LogP) is 22.7. The van der Waals surface area contributed by atoms with Gasteiger partial charge in [0.2, 0.25) is 0 Å². The summed E-state index contributed by atoms with van der Waals surface area (Å²) in [6.45, 7) is 9.60. The number of phosphoric ester groups is 2. The van der Waals surface area contributed by atoms with Crippen molar-refractivity contribution in [1.82, 2.24) is 0 Å². The van der Waals surface area contributed by atoms with Gasteiger partial charge >= 0.3 is 39.5 Å². The molecular weight excluding hydrogens is 1260 g/mol. The SMILES string of the molecule is CCCCCCCCCCCCCCCCCCC(=O)OC[C@H](COP(=O)(O)OC[C@@H](O)COP(=O)(O)OC[C@@H](COC(=O)CCCCCCCCC)OC(=O)CCCCCCCCCCCCCCC(C)C)OC(=O)CCCCCCCCCCCCCCCCCC(C)C. The molecule has 0 amide bonds. The lowest BCUT2D eigenvalue weighted by atomic mass is 10.0. The van der Waals surface area contributed by atoms with Gasteiger partial charge in [0.15, 0.2) is 12.2 Å². The molecule has 0 radical (unpaired) electrons. The van der Waals surface area contributed by atoms with Crippen LogP contribution in [0.3, 0.4) is 0 Å². The highest BCUT2D eigenvalue weighted by molar-refractivity contribution is 7.47. The smallest absolute Gasteiger partial charge is 0.462 e. The first-order valence-corrected chi connectivity index (χ1v) is 43.0. The molecule has 0 rings (SSSR count). The molecule has 0 aliphatic carbocycles. The Hall–Kier alpha value is -1.94. The average molecular weight is 1410 g/mol. The lowest BCUT2D eigenvalue weighted by molar-refractivity contribution is -0.161. The van der Waals surface area contributed by atoms with Crippen molar-refractivity contribution in [2.75, 3.05) is 39.6 Å². The second-order valence-electron chi connectivity index (χ2n) is 28.7. The maximum atomic E-state index is 13.1. The molecule has 0 spiro atoms. The number of aliphatic hydroxyl groups excluding tert-OH is 1. The van der Waals surface area contributed by atoms with Crippen molar-refractivity contribution in [1.29, 1.82) is 0 Å². The van der Waals surface area contributed by atoms with Crippen LogP contribution in [-0.2, 0) is 65.4 Å². The molecular formula is C77H150O17P2. The summed E-state index contributed by atoms with van der Waals surface area (Å²) in [5.41, 5.74) is 0. The van der Waals surface area contributed by atoms with Gasteiger partial charge in [0.05, 0.1) is 26.4 Å². The maximum absolute atomic E-state index is 13.1. The second-order valence-corrected chi connectivity index (χ2v) is 31.6. The van der Waals surface area contributed by atoms with Crippen molar-refractivity contribution in [2.24, 2.45) is 11.8 Å². The monoisotopic (exact) mass is 1410 g/mol. The van der Waals surface area contributed by atoms with E-state index < -0.39 is 97.5 Å².